The van der Waals surface area contributed by atoms with Gasteiger partial charge in [0.15, 0.2) is 5.65 Å². The zero-order valence-electron chi connectivity index (χ0n) is 19.1. The maximum Gasteiger partial charge on any atom is 0.253 e. The zero-order valence-corrected chi connectivity index (χ0v) is 19.1. The zero-order chi connectivity index (χ0) is 23.2. The summed E-state index contributed by atoms with van der Waals surface area (Å²) >= 11 is 0. The minimum absolute atomic E-state index is 0.121. The number of nitrogen functional groups attached to an aromatic ring is 1. The fourth-order valence-corrected chi connectivity index (χ4v) is 4.75. The lowest BCUT2D eigenvalue weighted by molar-refractivity contribution is 0.0570. The van der Waals surface area contributed by atoms with E-state index >= 15 is 0 Å². The van der Waals surface area contributed by atoms with Crippen molar-refractivity contribution in [1.82, 2.24) is 14.9 Å². The molecule has 3 aromatic rings. The summed E-state index contributed by atoms with van der Waals surface area (Å²) in [6.45, 7) is 7.08. The summed E-state index contributed by atoms with van der Waals surface area (Å²) < 4.78 is 7.91. The minimum Gasteiger partial charge on any atom is -0.508 e. The molecule has 8 nitrogen and oxygen atoms in total. The molecule has 32 heavy (non-hydrogen) atoms. The van der Waals surface area contributed by atoms with Crippen LogP contribution >= 0.6 is 0 Å². The molecular formula is C24H31N5O3. The number of nitrogens with zero attached hydrogens (tertiary/aromatic N) is 2. The molecule has 0 aliphatic heterocycles. The van der Waals surface area contributed by atoms with Gasteiger partial charge in [0, 0.05) is 28.5 Å². The number of rotatable bonds is 7. The SMILES string of the molecule is CNCC1(COc2nc3c(cc2C)c(C(N)=O)c(N)n3-c2c(C)ccc(O)c2C)CCC1. The van der Waals surface area contributed by atoms with Crippen LogP contribution in [0.1, 0.15) is 46.3 Å². The van der Waals surface area contributed by atoms with Crippen molar-refractivity contribution in [3.63, 3.8) is 0 Å². The number of hydrogen-bond acceptors (Lipinski definition) is 6. The van der Waals surface area contributed by atoms with Crippen molar-refractivity contribution >= 4 is 22.8 Å². The molecule has 6 N–H and O–H groups in total. The van der Waals surface area contributed by atoms with Crippen LogP contribution in [0.25, 0.3) is 16.7 Å². The summed E-state index contributed by atoms with van der Waals surface area (Å²) in [5.41, 5.74) is 15.9. The van der Waals surface area contributed by atoms with Crippen LogP contribution < -0.4 is 21.5 Å². The molecule has 0 spiro atoms. The molecule has 4 rings (SSSR count). The van der Waals surface area contributed by atoms with Crippen LogP contribution in [-0.4, -0.2) is 40.8 Å². The smallest absolute Gasteiger partial charge is 0.253 e. The number of primary amides is 1. The number of nitrogens with one attached hydrogen (secondary N) is 1. The third-order valence-electron chi connectivity index (χ3n) is 6.68. The molecule has 0 atom stereocenters. The number of fused-ring (bicyclic) bond motifs is 1. The maximum atomic E-state index is 12.3. The van der Waals surface area contributed by atoms with Gasteiger partial charge in [-0.25, -0.2) is 0 Å². The quantitative estimate of drug-likeness (QED) is 0.450. The molecule has 2 aromatic heterocycles. The van der Waals surface area contributed by atoms with Crippen LogP contribution in [0.4, 0.5) is 5.82 Å². The number of pyridine rings is 1. The second-order valence-corrected chi connectivity index (χ2v) is 8.99. The Labute approximate surface area is 187 Å². The van der Waals surface area contributed by atoms with E-state index in [9.17, 15) is 9.90 Å². The molecule has 0 saturated heterocycles. The number of aryl methyl sites for hydroxylation is 2. The second-order valence-electron chi connectivity index (χ2n) is 8.99. The van der Waals surface area contributed by atoms with E-state index in [4.69, 9.17) is 21.2 Å². The predicted octanol–water partition coefficient (Wildman–Crippen LogP) is 3.11. The van der Waals surface area contributed by atoms with E-state index in [-0.39, 0.29) is 22.5 Å². The number of nitrogens with two attached hydrogens (primary N) is 2. The Kier molecular flexibility index (Phi) is 5.50. The van der Waals surface area contributed by atoms with Gasteiger partial charge in [-0.05, 0) is 58.4 Å². The molecule has 1 aliphatic rings. The van der Waals surface area contributed by atoms with Gasteiger partial charge in [0.25, 0.3) is 5.91 Å². The summed E-state index contributed by atoms with van der Waals surface area (Å²) in [5, 5.41) is 14.2. The normalized spacial score (nSPS) is 15.0. The largest absolute Gasteiger partial charge is 0.508 e. The van der Waals surface area contributed by atoms with Crippen LogP contribution in [0.2, 0.25) is 0 Å². The van der Waals surface area contributed by atoms with E-state index in [1.54, 1.807) is 23.6 Å². The number of phenols is 1. The van der Waals surface area contributed by atoms with Crippen molar-refractivity contribution in [2.24, 2.45) is 11.1 Å². The van der Waals surface area contributed by atoms with Gasteiger partial charge in [0.05, 0.1) is 17.9 Å². The molecular weight excluding hydrogens is 406 g/mol. The highest BCUT2D eigenvalue weighted by molar-refractivity contribution is 6.11. The molecule has 1 aliphatic carbocycles. The minimum atomic E-state index is -0.626. The lowest BCUT2D eigenvalue weighted by Gasteiger charge is -2.41. The van der Waals surface area contributed by atoms with E-state index in [1.165, 1.54) is 6.42 Å². The topological polar surface area (TPSA) is 128 Å². The Morgan fingerprint density at radius 3 is 2.59 bits per heavy atom. The summed E-state index contributed by atoms with van der Waals surface area (Å²) in [5.74, 6) is 0.207. The Morgan fingerprint density at radius 1 is 1.28 bits per heavy atom. The summed E-state index contributed by atoms with van der Waals surface area (Å²) in [6, 6.07) is 5.29. The van der Waals surface area contributed by atoms with Crippen molar-refractivity contribution in [2.75, 3.05) is 25.9 Å². The van der Waals surface area contributed by atoms with E-state index in [0.29, 0.717) is 34.8 Å². The lowest BCUT2D eigenvalue weighted by atomic mass is 9.69. The first-order valence-electron chi connectivity index (χ1n) is 10.9. The van der Waals surface area contributed by atoms with E-state index in [2.05, 4.69) is 5.32 Å². The van der Waals surface area contributed by atoms with Crippen molar-refractivity contribution in [1.29, 1.82) is 0 Å². The fourth-order valence-electron chi connectivity index (χ4n) is 4.75. The van der Waals surface area contributed by atoms with Crippen molar-refractivity contribution in [3.05, 3.63) is 40.5 Å². The highest BCUT2D eigenvalue weighted by Crippen LogP contribution is 2.41. The number of amides is 1. The maximum absolute atomic E-state index is 12.3. The molecule has 0 bridgehead atoms. The number of benzene rings is 1. The van der Waals surface area contributed by atoms with Crippen molar-refractivity contribution < 1.29 is 14.6 Å². The monoisotopic (exact) mass is 437 g/mol. The first-order chi connectivity index (χ1) is 15.2. The summed E-state index contributed by atoms with van der Waals surface area (Å²) in [4.78, 5) is 17.1. The van der Waals surface area contributed by atoms with Crippen molar-refractivity contribution in [3.8, 4) is 17.3 Å². The van der Waals surface area contributed by atoms with Gasteiger partial charge < -0.3 is 26.6 Å². The average molecular weight is 438 g/mol. The molecule has 0 unspecified atom stereocenters. The van der Waals surface area contributed by atoms with Crippen LogP contribution in [0.5, 0.6) is 11.6 Å². The highest BCUT2D eigenvalue weighted by atomic mass is 16.5. The number of hydrogen-bond donors (Lipinski definition) is 4. The van der Waals surface area contributed by atoms with E-state index in [0.717, 1.165) is 30.5 Å². The Hall–Kier alpha value is -3.26. The number of carbonyl (C=O) groups is 1. The number of ether oxygens (including phenoxy) is 1. The van der Waals surface area contributed by atoms with Crippen LogP contribution in [0.3, 0.4) is 0 Å². The number of phenolic OH excluding ortho intramolecular Hbond substituents is 1. The first-order valence-corrected chi connectivity index (χ1v) is 10.9. The van der Waals surface area contributed by atoms with Gasteiger partial charge in [-0.2, -0.15) is 4.98 Å². The summed E-state index contributed by atoms with van der Waals surface area (Å²) in [7, 11) is 1.95. The van der Waals surface area contributed by atoms with Crippen LogP contribution in [0, 0.1) is 26.2 Å². The van der Waals surface area contributed by atoms with Gasteiger partial charge in [0.1, 0.15) is 11.6 Å². The van der Waals surface area contributed by atoms with Crippen LogP contribution in [-0.2, 0) is 0 Å². The first kappa shape index (κ1) is 22.0. The molecule has 8 heteroatoms. The highest BCUT2D eigenvalue weighted by Gasteiger charge is 2.37. The molecule has 1 aromatic carbocycles. The predicted molar refractivity (Wildman–Crippen MR) is 126 cm³/mol. The fraction of sp³-hybridized carbons (Fsp3) is 0.417. The summed E-state index contributed by atoms with van der Waals surface area (Å²) in [6.07, 6.45) is 3.44. The van der Waals surface area contributed by atoms with Crippen molar-refractivity contribution in [2.45, 2.75) is 40.0 Å². The average Bonchev–Trinajstić information content (AvgIpc) is 2.98. The van der Waals surface area contributed by atoms with Gasteiger partial charge in [-0.15, -0.1) is 0 Å². The van der Waals surface area contributed by atoms with E-state index < -0.39 is 5.91 Å². The Morgan fingerprint density at radius 2 is 2.00 bits per heavy atom. The van der Waals surface area contributed by atoms with Gasteiger partial charge in [-0.1, -0.05) is 12.5 Å². The van der Waals surface area contributed by atoms with Crippen LogP contribution in [0.15, 0.2) is 18.2 Å². The number of carbonyl (C=O) groups excluding carboxylic acids is 1. The molecule has 1 saturated carbocycles. The Balaban J connectivity index is 1.89. The molecule has 0 radical (unpaired) electrons. The molecule has 1 amide bonds. The van der Waals surface area contributed by atoms with Gasteiger partial charge in [0.2, 0.25) is 5.88 Å². The van der Waals surface area contributed by atoms with Gasteiger partial charge in [-0.3, -0.25) is 9.36 Å². The van der Waals surface area contributed by atoms with E-state index in [1.807, 2.05) is 27.0 Å². The second kappa shape index (κ2) is 8.02. The van der Waals surface area contributed by atoms with Gasteiger partial charge >= 0.3 is 0 Å². The number of anilines is 1. The molecule has 1 fully saturated rings. The molecule has 170 valence electrons. The lowest BCUT2D eigenvalue weighted by Crippen LogP contribution is -2.43. The molecule has 2 heterocycles. The third kappa shape index (κ3) is 3.44. The number of aromatic hydroxyl groups is 1. The third-order valence-corrected chi connectivity index (χ3v) is 6.68. The standard InChI is InChI=1S/C24H31N5O3/c1-13-6-7-17(30)15(3)19(13)29-20(25)18(21(26)31)16-10-14(2)23(28-22(16)29)32-12-24(11-27-4)8-5-9-24/h6-7,10,27,30H,5,8-9,11-12,25H2,1-4H3,(H2,26,31). The Bertz CT molecular complexity index is 1210. The number of aromatic nitrogens is 2.